The Morgan fingerprint density at radius 2 is 1.14 bits per heavy atom. The molecule has 17 atom stereocenters. The van der Waals surface area contributed by atoms with Crippen LogP contribution in [0, 0.1) is 65.1 Å². The molecule has 0 aliphatic carbocycles. The summed E-state index contributed by atoms with van der Waals surface area (Å²) >= 11 is 0. The Morgan fingerprint density at radius 3 is 1.65 bits per heavy atom. The van der Waals surface area contributed by atoms with Crippen molar-refractivity contribution in [3.8, 4) is 0 Å². The van der Waals surface area contributed by atoms with E-state index < -0.39 is 84.1 Å². The van der Waals surface area contributed by atoms with E-state index in [2.05, 4.69) is 81.8 Å². The van der Waals surface area contributed by atoms with Crippen molar-refractivity contribution in [1.29, 1.82) is 0 Å². The summed E-state index contributed by atoms with van der Waals surface area (Å²) in [5.41, 5.74) is 8.55. The summed E-state index contributed by atoms with van der Waals surface area (Å²) < 4.78 is 12.3. The summed E-state index contributed by atoms with van der Waals surface area (Å²) in [4.78, 5) is 205. The summed E-state index contributed by atoms with van der Waals surface area (Å²) in [7, 11) is 8.44. The monoisotopic (exact) mass is 1860 g/mol. The van der Waals surface area contributed by atoms with Crippen molar-refractivity contribution in [2.24, 2.45) is 70.8 Å². The second-order valence-corrected chi connectivity index (χ2v) is 38.9. The van der Waals surface area contributed by atoms with Crippen LogP contribution in [0.3, 0.4) is 0 Å². The average molecular weight is 1860 g/mol. The van der Waals surface area contributed by atoms with Crippen molar-refractivity contribution >= 4 is 94.3 Å². The van der Waals surface area contributed by atoms with E-state index in [4.69, 9.17) is 15.2 Å². The zero-order valence-corrected chi connectivity index (χ0v) is 82.9. The van der Waals surface area contributed by atoms with E-state index in [0.29, 0.717) is 132 Å². The highest BCUT2D eigenvalue weighted by Crippen LogP contribution is 2.33. The molecule has 3 aliphatic heterocycles. The highest BCUT2D eigenvalue weighted by atomic mass is 16.5. The molecule has 1 aromatic heterocycles. The van der Waals surface area contributed by atoms with Crippen LogP contribution >= 0.6 is 0 Å². The van der Waals surface area contributed by atoms with Crippen molar-refractivity contribution < 1.29 is 76.6 Å². The number of urea groups is 1. The lowest BCUT2D eigenvalue weighted by molar-refractivity contribution is -0.148. The van der Waals surface area contributed by atoms with Crippen LogP contribution in [0.4, 0.5) is 16.2 Å². The number of amides is 12. The topological polar surface area (TPSA) is 433 Å². The first-order valence-corrected chi connectivity index (χ1v) is 48.6. The summed E-state index contributed by atoms with van der Waals surface area (Å²) in [5, 5.41) is 29.6. The second kappa shape index (κ2) is 57.3. The number of likely N-dealkylation sites (N-methyl/N-ethyl adjacent to an activating group) is 2. The van der Waals surface area contributed by atoms with Gasteiger partial charge in [0.15, 0.2) is 11.6 Å². The van der Waals surface area contributed by atoms with Crippen LogP contribution in [0.25, 0.3) is 0 Å². The molecule has 2 aromatic carbocycles. The molecule has 33 heteroatoms. The number of primary amides is 1. The van der Waals surface area contributed by atoms with E-state index in [9.17, 15) is 67.1 Å². The number of aromatic nitrogens is 1. The number of likely N-dealkylation sites (tertiary alicyclic amines) is 3. The lowest BCUT2D eigenvalue weighted by atomic mass is 9.85. The zero-order valence-electron chi connectivity index (χ0n) is 82.9. The van der Waals surface area contributed by atoms with E-state index in [0.717, 1.165) is 38.0 Å². The van der Waals surface area contributed by atoms with Crippen LogP contribution < -0.4 is 58.9 Å². The number of ether oxygens (including phenoxy) is 2. The Kier molecular flexibility index (Phi) is 48.3. The number of nitrogens with two attached hydrogens (primary N) is 1. The van der Waals surface area contributed by atoms with Gasteiger partial charge in [-0.05, 0) is 214 Å². The van der Waals surface area contributed by atoms with E-state index >= 15 is 0 Å². The van der Waals surface area contributed by atoms with Crippen molar-refractivity contribution in [3.05, 3.63) is 89.7 Å². The van der Waals surface area contributed by atoms with Gasteiger partial charge in [0.2, 0.25) is 59.6 Å². The number of Topliss-reactive ketones (excluding diaryl/α,β-unsaturated/α-hetero) is 3. The number of methoxy groups -OCH3 is 2. The lowest BCUT2D eigenvalue weighted by Gasteiger charge is -2.41. The van der Waals surface area contributed by atoms with Crippen molar-refractivity contribution in [2.45, 2.75) is 293 Å². The maximum atomic E-state index is 14.7. The van der Waals surface area contributed by atoms with Gasteiger partial charge in [0.1, 0.15) is 11.8 Å². The largest absolute Gasteiger partial charge is 0.379 e. The van der Waals surface area contributed by atoms with Gasteiger partial charge in [-0.2, -0.15) is 0 Å². The smallest absolute Gasteiger partial charge is 0.312 e. The molecule has 3 aliphatic rings. The molecule has 133 heavy (non-hydrogen) atoms. The molecule has 12 amide bonds. The van der Waals surface area contributed by atoms with Gasteiger partial charge in [0.25, 0.3) is 0 Å². The number of piperidine rings is 2. The van der Waals surface area contributed by atoms with Gasteiger partial charge in [-0.25, -0.2) is 4.79 Å². The fraction of sp³-hybridized carbons (Fsp3) is 0.690. The Morgan fingerprint density at radius 1 is 0.579 bits per heavy atom. The van der Waals surface area contributed by atoms with Crippen LogP contribution in [0.5, 0.6) is 0 Å². The van der Waals surface area contributed by atoms with Crippen molar-refractivity contribution in [3.63, 3.8) is 0 Å². The Hall–Kier alpha value is -9.67. The highest BCUT2D eigenvalue weighted by Gasteiger charge is 2.45. The standard InChI is InChI=1S/C100H161N17O16/c1-20-66(11)92(114(17)99(130)90(64(7)8)112-98(129)91(65(9)10)113(15)16)84(132-18)56-87(124)117-47-25-30-80(117)93(133-19)69(14)81(119)55-76(52-79-29-22-23-43-104-79)95(126)106-59-71-35-39-78(40-36-71)109-97(128)74(28-24-44-105-100(101)131)54-83(121)89(63(5)6)111-86(123)32-27-46-116-49-42-75(51-68(116)13)94(125)107-60-102-58-72-41-48-115(67(12)50-72)45-26-31-85(122)110-88(62(3)4)82(120)53-73(21-2)96(127)108-77-37-33-70(34-38-77)57-103-61-118/h22-23,29,33-40,43,61-69,72-76,80,84,88-93,102H,20-21,24-28,30-32,41-42,44-60H2,1-19H3,(H,103,118)(H,106,126)(H,107,125)(H,108,127)(H,109,128)(H,110,122)(H,111,123)(H,112,129)(H3,101,105,131)/t66-,67?,68?,69-,72?,73+,74+,75?,76+,80-,84+,88-,89-,90-,91-,92-,93+/m0/s1. The highest BCUT2D eigenvalue weighted by molar-refractivity contribution is 5.99. The number of rotatable bonds is 59. The summed E-state index contributed by atoms with van der Waals surface area (Å²) in [6.45, 7) is 32.2. The minimum Gasteiger partial charge on any atom is -0.379 e. The van der Waals surface area contributed by atoms with Gasteiger partial charge in [-0.1, -0.05) is 120 Å². The number of benzene rings is 2. The number of hydrogen-bond donors (Lipinski definition) is 11. The number of carbonyl (C=O) groups excluding carboxylic acids is 14. The van der Waals surface area contributed by atoms with Gasteiger partial charge < -0.3 is 82.7 Å². The molecule has 6 rings (SSSR count). The molecule has 0 radical (unpaired) electrons. The van der Waals surface area contributed by atoms with E-state index in [1.54, 1.807) is 78.5 Å². The molecule has 3 saturated heterocycles. The molecule has 0 saturated carbocycles. The van der Waals surface area contributed by atoms with Crippen molar-refractivity contribution in [1.82, 2.24) is 72.0 Å². The maximum absolute atomic E-state index is 14.7. The molecule has 4 unspecified atom stereocenters. The van der Waals surface area contributed by atoms with Gasteiger partial charge in [0, 0.05) is 145 Å². The minimum atomic E-state index is -0.889. The van der Waals surface area contributed by atoms with Crippen LogP contribution in [-0.4, -0.2) is 261 Å². The first kappa shape index (κ1) is 112. The molecular formula is C100H161N17O16. The number of pyridine rings is 1. The normalized spacial score (nSPS) is 19.3. The maximum Gasteiger partial charge on any atom is 0.312 e. The number of anilines is 2. The van der Waals surface area contributed by atoms with Gasteiger partial charge >= 0.3 is 6.03 Å². The van der Waals surface area contributed by atoms with Gasteiger partial charge in [-0.15, -0.1) is 0 Å². The third-order valence-corrected chi connectivity index (χ3v) is 27.2. The second-order valence-electron chi connectivity index (χ2n) is 38.9. The summed E-state index contributed by atoms with van der Waals surface area (Å²) in [6.07, 6.45) is 8.27. The zero-order chi connectivity index (χ0) is 98.3. The molecule has 3 aromatic rings. The fourth-order valence-electron chi connectivity index (χ4n) is 19.2. The van der Waals surface area contributed by atoms with E-state index in [-0.39, 0.29) is 171 Å². The Balaban J connectivity index is 0.932. The summed E-state index contributed by atoms with van der Waals surface area (Å²) in [5.74, 6) is -6.66. The van der Waals surface area contributed by atoms with Gasteiger partial charge in [-0.3, -0.25) is 77.5 Å². The third-order valence-electron chi connectivity index (χ3n) is 27.2. The molecule has 33 nitrogen and oxygen atoms in total. The molecule has 0 spiro atoms. The number of hydrogen-bond acceptors (Lipinski definition) is 21. The molecule has 0 bridgehead atoms. The molecule has 12 N–H and O–H groups in total. The SMILES string of the molecule is CC[C@H](CC(=O)[C@@H](NC(=O)CCCN1CCC(CNCNC(=O)C2CCN(CCCC(=O)N[C@H](C(=O)C[C@@H](CCCNC(N)=O)C(=O)Nc3ccc(CNC(=O)[C@@H](CC(=O)[C@H](C)[C@@H](OC)[C@@H]4CCCN4C(=O)C[C@@H](OC)[C@H]([C@@H](C)CC)N(C)C(=O)[C@@H](NC(=O)[C@H](C(C)C)N(C)C)C(C)C)Cc4ccccn4)cc3)C(C)C)C(C)C2)CC1C)C(C)C)C(=O)Nc1ccc(CNC=O)cc1. The Bertz CT molecular complexity index is 4190. The lowest BCUT2D eigenvalue weighted by Crippen LogP contribution is -2.59. The molecule has 3 fully saturated rings. The number of nitrogens with zero attached hydrogens (tertiary/aromatic N) is 6. The average Bonchev–Trinajstić information content (AvgIpc) is 1.74. The van der Waals surface area contributed by atoms with Gasteiger partial charge in [0.05, 0.1) is 61.4 Å². The predicted octanol–water partition coefficient (Wildman–Crippen LogP) is 8.70. The molecule has 4 heterocycles. The minimum absolute atomic E-state index is 0.00222. The van der Waals surface area contributed by atoms with Crippen molar-refractivity contribution in [2.75, 3.05) is 98.5 Å². The summed E-state index contributed by atoms with van der Waals surface area (Å²) in [6, 6.07) is 15.1. The first-order chi connectivity index (χ1) is 63.2. The third kappa shape index (κ3) is 36.2. The van der Waals surface area contributed by atoms with Crippen LogP contribution in [-0.2, 0) is 91.3 Å². The number of ketones is 3. The quantitative estimate of drug-likeness (QED) is 0.0143. The Labute approximate surface area is 790 Å². The van der Waals surface area contributed by atoms with Crippen LogP contribution in [0.1, 0.15) is 229 Å². The molecular weight excluding hydrogens is 1700 g/mol. The van der Waals surface area contributed by atoms with E-state index in [1.165, 1.54) is 14.2 Å². The number of nitrogens with one attached hydrogen (secondary N) is 10. The van der Waals surface area contributed by atoms with Crippen LogP contribution in [0.2, 0.25) is 0 Å². The predicted molar refractivity (Wildman–Crippen MR) is 515 cm³/mol. The fourth-order valence-corrected chi connectivity index (χ4v) is 19.2. The first-order valence-electron chi connectivity index (χ1n) is 48.6. The van der Waals surface area contributed by atoms with E-state index in [1.807, 2.05) is 113 Å². The number of carbonyl (C=O) groups is 14. The molecule has 742 valence electrons. The van der Waals surface area contributed by atoms with Crippen LogP contribution in [0.15, 0.2) is 72.9 Å².